The van der Waals surface area contributed by atoms with Crippen molar-refractivity contribution in [2.75, 3.05) is 14.2 Å². The van der Waals surface area contributed by atoms with E-state index in [-0.39, 0.29) is 5.41 Å². The van der Waals surface area contributed by atoms with Crippen molar-refractivity contribution in [2.45, 2.75) is 59.8 Å². The van der Waals surface area contributed by atoms with Crippen LogP contribution in [-0.4, -0.2) is 31.1 Å². The molecule has 1 N–H and O–H groups in total. The number of allylic oxidation sites excluding steroid dienone is 2. The number of aromatic nitrogens is 1. The Bertz CT molecular complexity index is 1460. The van der Waals surface area contributed by atoms with E-state index in [2.05, 4.69) is 57.4 Å². The Balaban J connectivity index is 1.80. The number of benzene rings is 2. The summed E-state index contributed by atoms with van der Waals surface area (Å²) in [7, 11) is 2.68. The zero-order chi connectivity index (χ0) is 28.6. The van der Waals surface area contributed by atoms with E-state index >= 15 is 0 Å². The predicted molar refractivity (Wildman–Crippen MR) is 156 cm³/mol. The number of hydrogen-bond acceptors (Lipinski definition) is 7. The highest BCUT2D eigenvalue weighted by atomic mass is 32.1. The van der Waals surface area contributed by atoms with Crippen molar-refractivity contribution in [3.05, 3.63) is 86.6 Å². The van der Waals surface area contributed by atoms with Crippen molar-refractivity contribution in [3.8, 4) is 21.8 Å². The molecule has 3 aromatic rings. The monoisotopic (exact) mass is 544 g/mol. The fourth-order valence-corrected chi connectivity index (χ4v) is 6.07. The zero-order valence-corrected chi connectivity index (χ0v) is 24.9. The number of nitrogens with zero attached hydrogens (tertiary/aromatic N) is 1. The summed E-state index contributed by atoms with van der Waals surface area (Å²) >= 11 is 1.57. The van der Waals surface area contributed by atoms with Gasteiger partial charge < -0.3 is 14.8 Å². The lowest BCUT2D eigenvalue weighted by Gasteiger charge is -2.30. The van der Waals surface area contributed by atoms with Gasteiger partial charge in [-0.2, -0.15) is 0 Å². The maximum atomic E-state index is 12.9. The summed E-state index contributed by atoms with van der Waals surface area (Å²) in [5, 5.41) is 6.10. The first-order valence-electron chi connectivity index (χ1n) is 12.9. The van der Waals surface area contributed by atoms with Crippen molar-refractivity contribution in [1.82, 2.24) is 10.3 Å². The van der Waals surface area contributed by atoms with Crippen molar-refractivity contribution in [1.29, 1.82) is 0 Å². The molecule has 6 nitrogen and oxygen atoms in total. The Morgan fingerprint density at radius 3 is 1.97 bits per heavy atom. The molecule has 204 valence electrons. The first-order valence-corrected chi connectivity index (χ1v) is 13.8. The molecule has 1 aromatic heterocycles. The molecule has 4 rings (SSSR count). The van der Waals surface area contributed by atoms with Gasteiger partial charge in [0.2, 0.25) is 0 Å². The molecule has 0 amide bonds. The van der Waals surface area contributed by atoms with Gasteiger partial charge in [0, 0.05) is 27.9 Å². The third kappa shape index (κ3) is 5.41. The number of thiazole rings is 1. The van der Waals surface area contributed by atoms with Gasteiger partial charge in [-0.3, -0.25) is 0 Å². The van der Waals surface area contributed by atoms with Gasteiger partial charge in [-0.1, -0.05) is 51.1 Å². The van der Waals surface area contributed by atoms with Crippen LogP contribution in [0.5, 0.6) is 0 Å². The first kappa shape index (κ1) is 28.3. The minimum absolute atomic E-state index is 0.0715. The average Bonchev–Trinajstić information content (AvgIpc) is 3.36. The van der Waals surface area contributed by atoms with Crippen LogP contribution in [0.15, 0.2) is 64.3 Å². The summed E-state index contributed by atoms with van der Waals surface area (Å²) in [6, 6.07) is 12.3. The Hall–Kier alpha value is -3.71. The molecule has 2 heterocycles. The van der Waals surface area contributed by atoms with Crippen LogP contribution in [0.3, 0.4) is 0 Å². The van der Waals surface area contributed by atoms with E-state index < -0.39 is 17.9 Å². The number of ether oxygens (including phenoxy) is 2. The van der Waals surface area contributed by atoms with Crippen molar-refractivity contribution < 1.29 is 19.1 Å². The van der Waals surface area contributed by atoms with E-state index in [0.717, 1.165) is 27.4 Å². The smallest absolute Gasteiger partial charge is 0.336 e. The number of esters is 2. The summed E-state index contributed by atoms with van der Waals surface area (Å²) in [4.78, 5) is 30.8. The van der Waals surface area contributed by atoms with Gasteiger partial charge in [0.1, 0.15) is 5.01 Å². The molecule has 7 heteroatoms. The average molecular weight is 545 g/mol. The van der Waals surface area contributed by atoms with Gasteiger partial charge in [0.05, 0.1) is 37.0 Å². The summed E-state index contributed by atoms with van der Waals surface area (Å²) in [6.07, 6.45) is 0. The molecular weight excluding hydrogens is 508 g/mol. The number of carbonyl (C=O) groups excluding carboxylic acids is 2. The lowest BCUT2D eigenvalue weighted by Crippen LogP contribution is -2.32. The van der Waals surface area contributed by atoms with E-state index in [1.807, 2.05) is 38.1 Å². The first-order chi connectivity index (χ1) is 18.4. The number of rotatable bonds is 5. The van der Waals surface area contributed by atoms with Crippen molar-refractivity contribution in [3.63, 3.8) is 0 Å². The van der Waals surface area contributed by atoms with E-state index in [1.54, 1.807) is 11.3 Å². The highest BCUT2D eigenvalue weighted by Gasteiger charge is 2.37. The van der Waals surface area contributed by atoms with Crippen molar-refractivity contribution in [2.24, 2.45) is 0 Å². The van der Waals surface area contributed by atoms with Gasteiger partial charge in [-0.15, -0.1) is 11.3 Å². The standard InChI is InChI=1S/C32H36N2O4S/c1-17-13-23(32(5,6)7)14-18(2)25(17)24-16-39-29(34-24)22-12-10-11-21(15-22)28-26(30(35)37-8)19(3)33-20(4)27(28)31(36)38-9/h10-16,28,33H,1-9H3. The fourth-order valence-electron chi connectivity index (χ4n) is 5.26. The maximum Gasteiger partial charge on any atom is 0.336 e. The van der Waals surface area contributed by atoms with E-state index in [9.17, 15) is 9.59 Å². The SMILES string of the molecule is COC(=O)C1=C(C)NC(C)=C(C(=O)OC)C1c1cccc(-c2nc(-c3c(C)cc(C(C)(C)C)cc3C)cs2)c1. The number of dihydropyridines is 1. The minimum Gasteiger partial charge on any atom is -0.466 e. The molecule has 0 spiro atoms. The molecule has 0 unspecified atom stereocenters. The van der Waals surface area contributed by atoms with Crippen LogP contribution in [-0.2, 0) is 24.5 Å². The van der Waals surface area contributed by atoms with Gasteiger partial charge in [0.15, 0.2) is 0 Å². The molecule has 1 aliphatic heterocycles. The number of hydrogen-bond donors (Lipinski definition) is 1. The van der Waals surface area contributed by atoms with Gasteiger partial charge in [-0.05, 0) is 61.4 Å². The van der Waals surface area contributed by atoms with Crippen LogP contribution in [0.25, 0.3) is 21.8 Å². The van der Waals surface area contributed by atoms with Gasteiger partial charge in [-0.25, -0.2) is 14.6 Å². The second kappa shape index (κ2) is 10.8. The quantitative estimate of drug-likeness (QED) is 0.350. The lowest BCUT2D eigenvalue weighted by atomic mass is 9.80. The number of nitrogens with one attached hydrogen (secondary N) is 1. The van der Waals surface area contributed by atoms with E-state index in [4.69, 9.17) is 14.5 Å². The zero-order valence-electron chi connectivity index (χ0n) is 24.1. The second-order valence-electron chi connectivity index (χ2n) is 11.0. The van der Waals surface area contributed by atoms with Crippen LogP contribution < -0.4 is 5.32 Å². The molecule has 39 heavy (non-hydrogen) atoms. The van der Waals surface area contributed by atoms with Crippen molar-refractivity contribution >= 4 is 23.3 Å². The normalized spacial score (nSPS) is 14.4. The third-order valence-electron chi connectivity index (χ3n) is 7.20. The second-order valence-corrected chi connectivity index (χ2v) is 11.9. The number of carbonyl (C=O) groups is 2. The molecule has 0 aliphatic carbocycles. The molecule has 2 aromatic carbocycles. The molecule has 0 radical (unpaired) electrons. The lowest BCUT2D eigenvalue weighted by molar-refractivity contribution is -0.137. The van der Waals surface area contributed by atoms with Crippen LogP contribution in [0.1, 0.15) is 62.8 Å². The molecule has 0 bridgehead atoms. The molecule has 0 saturated heterocycles. The summed E-state index contributed by atoms with van der Waals surface area (Å²) in [5.74, 6) is -1.63. The molecular formula is C32H36N2O4S. The highest BCUT2D eigenvalue weighted by molar-refractivity contribution is 7.13. The van der Waals surface area contributed by atoms with Gasteiger partial charge in [0.25, 0.3) is 0 Å². The summed E-state index contributed by atoms with van der Waals surface area (Å²) in [6.45, 7) is 14.6. The minimum atomic E-state index is -0.639. The largest absolute Gasteiger partial charge is 0.466 e. The topological polar surface area (TPSA) is 77.5 Å². The summed E-state index contributed by atoms with van der Waals surface area (Å²) in [5.41, 5.74) is 9.61. The van der Waals surface area contributed by atoms with Crippen LogP contribution in [0.2, 0.25) is 0 Å². The van der Waals surface area contributed by atoms with Crippen LogP contribution in [0, 0.1) is 13.8 Å². The number of methoxy groups -OCH3 is 2. The highest BCUT2D eigenvalue weighted by Crippen LogP contribution is 2.41. The van der Waals surface area contributed by atoms with E-state index in [0.29, 0.717) is 22.5 Å². The maximum absolute atomic E-state index is 12.9. The Labute approximate surface area is 234 Å². The Morgan fingerprint density at radius 2 is 1.46 bits per heavy atom. The molecule has 0 fully saturated rings. The van der Waals surface area contributed by atoms with Gasteiger partial charge >= 0.3 is 11.9 Å². The molecule has 0 atom stereocenters. The third-order valence-corrected chi connectivity index (χ3v) is 8.09. The Kier molecular flexibility index (Phi) is 7.84. The molecule has 0 saturated carbocycles. The van der Waals surface area contributed by atoms with Crippen LogP contribution >= 0.6 is 11.3 Å². The predicted octanol–water partition coefficient (Wildman–Crippen LogP) is 6.97. The molecule has 1 aliphatic rings. The van der Waals surface area contributed by atoms with Crippen LogP contribution in [0.4, 0.5) is 0 Å². The summed E-state index contributed by atoms with van der Waals surface area (Å²) < 4.78 is 10.2. The Morgan fingerprint density at radius 1 is 0.897 bits per heavy atom. The van der Waals surface area contributed by atoms with E-state index in [1.165, 1.54) is 30.9 Å². The number of aryl methyl sites for hydroxylation is 2. The fraction of sp³-hybridized carbons (Fsp3) is 0.344.